The van der Waals surface area contributed by atoms with E-state index in [1.807, 2.05) is 11.8 Å². The van der Waals surface area contributed by atoms with Crippen molar-refractivity contribution in [1.29, 1.82) is 0 Å². The highest BCUT2D eigenvalue weighted by Crippen LogP contribution is 2.25. The number of nitrogens with one attached hydrogen (secondary N) is 3. The maximum absolute atomic E-state index is 12.2. The third kappa shape index (κ3) is 6.15. The Bertz CT molecular complexity index is 748. The number of nitro groups is 1. The second-order valence-corrected chi connectivity index (χ2v) is 8.84. The van der Waals surface area contributed by atoms with E-state index in [1.54, 1.807) is 7.05 Å². The van der Waals surface area contributed by atoms with Gasteiger partial charge in [-0.25, -0.2) is 13.1 Å². The molecule has 3 N–H and O–H groups in total. The minimum absolute atomic E-state index is 0.129. The SMILES string of the molecule is CN=C(NCCNS(=O)(=O)c1cccc([N+](=O)[O-])c1)NCC1CCCS1. The van der Waals surface area contributed by atoms with Crippen LogP contribution in [0.4, 0.5) is 5.69 Å². The minimum atomic E-state index is -3.80. The summed E-state index contributed by atoms with van der Waals surface area (Å²) in [4.78, 5) is 14.1. The Morgan fingerprint density at radius 3 is 2.85 bits per heavy atom. The monoisotopic (exact) mass is 401 g/mol. The predicted molar refractivity (Wildman–Crippen MR) is 103 cm³/mol. The molecule has 0 aliphatic carbocycles. The first kappa shape index (κ1) is 20.5. The number of nitrogens with zero attached hydrogens (tertiary/aromatic N) is 2. The molecule has 1 aromatic rings. The van der Waals surface area contributed by atoms with Gasteiger partial charge >= 0.3 is 0 Å². The number of nitro benzene ring substituents is 1. The number of benzene rings is 1. The van der Waals surface area contributed by atoms with Gasteiger partial charge in [0, 0.05) is 44.1 Å². The minimum Gasteiger partial charge on any atom is -0.355 e. The lowest BCUT2D eigenvalue weighted by atomic mass is 10.2. The molecule has 11 heteroatoms. The Hall–Kier alpha value is -1.85. The summed E-state index contributed by atoms with van der Waals surface area (Å²) in [5.74, 6) is 1.81. The van der Waals surface area contributed by atoms with Crippen LogP contribution in [-0.4, -0.2) is 57.0 Å². The quantitative estimate of drug-likeness (QED) is 0.194. The molecule has 0 radical (unpaired) electrons. The number of hydrogen-bond donors (Lipinski definition) is 3. The van der Waals surface area contributed by atoms with Crippen molar-refractivity contribution in [3.05, 3.63) is 34.4 Å². The first-order chi connectivity index (χ1) is 12.4. The summed E-state index contributed by atoms with van der Waals surface area (Å²) >= 11 is 1.94. The number of hydrogen-bond acceptors (Lipinski definition) is 6. The number of aliphatic imine (C=N–C) groups is 1. The topological polar surface area (TPSA) is 126 Å². The highest BCUT2D eigenvalue weighted by Gasteiger charge is 2.17. The van der Waals surface area contributed by atoms with E-state index < -0.39 is 14.9 Å². The fraction of sp³-hybridized carbons (Fsp3) is 0.533. The number of guanidine groups is 1. The standard InChI is InChI=1S/C15H23N5O4S2/c1-16-15(18-11-13-5-3-9-25-13)17-7-8-19-26(23,24)14-6-2-4-12(10-14)20(21)22/h2,4,6,10,13,19H,3,5,7-9,11H2,1H3,(H2,16,17,18). The van der Waals surface area contributed by atoms with Crippen LogP contribution < -0.4 is 15.4 Å². The van der Waals surface area contributed by atoms with Crippen LogP contribution in [0.25, 0.3) is 0 Å². The van der Waals surface area contributed by atoms with Crippen LogP contribution in [0.2, 0.25) is 0 Å². The summed E-state index contributed by atoms with van der Waals surface area (Å²) in [7, 11) is -2.15. The van der Waals surface area contributed by atoms with Gasteiger partial charge in [-0.3, -0.25) is 15.1 Å². The number of rotatable bonds is 8. The molecule has 144 valence electrons. The van der Waals surface area contributed by atoms with Crippen molar-refractivity contribution in [2.24, 2.45) is 4.99 Å². The zero-order valence-corrected chi connectivity index (χ0v) is 16.1. The van der Waals surface area contributed by atoms with E-state index in [4.69, 9.17) is 0 Å². The largest absolute Gasteiger partial charge is 0.355 e. The van der Waals surface area contributed by atoms with E-state index in [-0.39, 0.29) is 17.1 Å². The maximum Gasteiger partial charge on any atom is 0.270 e. The average molecular weight is 402 g/mol. The molecule has 1 fully saturated rings. The van der Waals surface area contributed by atoms with Gasteiger partial charge in [0.15, 0.2) is 5.96 Å². The van der Waals surface area contributed by atoms with E-state index in [9.17, 15) is 18.5 Å². The van der Waals surface area contributed by atoms with Crippen molar-refractivity contribution in [3.63, 3.8) is 0 Å². The molecule has 1 unspecified atom stereocenters. The van der Waals surface area contributed by atoms with Gasteiger partial charge in [0.1, 0.15) is 0 Å². The first-order valence-corrected chi connectivity index (χ1v) is 10.8. The summed E-state index contributed by atoms with van der Waals surface area (Å²) in [6.07, 6.45) is 2.43. The van der Waals surface area contributed by atoms with Gasteiger partial charge < -0.3 is 10.6 Å². The Balaban J connectivity index is 1.78. The van der Waals surface area contributed by atoms with E-state index in [2.05, 4.69) is 20.3 Å². The molecule has 26 heavy (non-hydrogen) atoms. The van der Waals surface area contributed by atoms with E-state index in [0.717, 1.165) is 12.6 Å². The lowest BCUT2D eigenvalue weighted by molar-refractivity contribution is -0.385. The number of thioether (sulfide) groups is 1. The van der Waals surface area contributed by atoms with Gasteiger partial charge in [-0.2, -0.15) is 11.8 Å². The van der Waals surface area contributed by atoms with Crippen molar-refractivity contribution in [2.45, 2.75) is 23.0 Å². The molecule has 9 nitrogen and oxygen atoms in total. The van der Waals surface area contributed by atoms with Crippen LogP contribution in [-0.2, 0) is 10.0 Å². The van der Waals surface area contributed by atoms with Crippen LogP contribution in [0.1, 0.15) is 12.8 Å². The molecule has 1 aliphatic rings. The first-order valence-electron chi connectivity index (χ1n) is 8.22. The average Bonchev–Trinajstić information content (AvgIpc) is 3.14. The van der Waals surface area contributed by atoms with Gasteiger partial charge in [0.25, 0.3) is 5.69 Å². The summed E-state index contributed by atoms with van der Waals surface area (Å²) in [5.41, 5.74) is -0.264. The van der Waals surface area contributed by atoms with Crippen LogP contribution >= 0.6 is 11.8 Å². The van der Waals surface area contributed by atoms with Crippen LogP contribution in [0.15, 0.2) is 34.2 Å². The van der Waals surface area contributed by atoms with Crippen LogP contribution in [0.3, 0.4) is 0 Å². The second-order valence-electron chi connectivity index (χ2n) is 5.67. The Morgan fingerprint density at radius 2 is 2.19 bits per heavy atom. The summed E-state index contributed by atoms with van der Waals surface area (Å²) in [6.45, 7) is 1.29. The molecule has 2 rings (SSSR count). The molecule has 0 aromatic heterocycles. The van der Waals surface area contributed by atoms with E-state index >= 15 is 0 Å². The molecular formula is C15H23N5O4S2. The van der Waals surface area contributed by atoms with Gasteiger partial charge in [-0.1, -0.05) is 6.07 Å². The smallest absolute Gasteiger partial charge is 0.270 e. The van der Waals surface area contributed by atoms with Gasteiger partial charge in [-0.15, -0.1) is 0 Å². The normalized spacial score (nSPS) is 17.9. The molecule has 0 saturated carbocycles. The van der Waals surface area contributed by atoms with Gasteiger partial charge in [-0.05, 0) is 24.7 Å². The molecule has 0 spiro atoms. The van der Waals surface area contributed by atoms with Gasteiger partial charge in [0.2, 0.25) is 10.0 Å². The molecule has 1 atom stereocenters. The van der Waals surface area contributed by atoms with E-state index in [0.29, 0.717) is 17.8 Å². The molecular weight excluding hydrogens is 378 g/mol. The Labute approximate surface area is 157 Å². The molecule has 1 heterocycles. The van der Waals surface area contributed by atoms with Crippen LogP contribution in [0.5, 0.6) is 0 Å². The highest BCUT2D eigenvalue weighted by molar-refractivity contribution is 8.00. The predicted octanol–water partition coefficient (Wildman–Crippen LogP) is 0.934. The van der Waals surface area contributed by atoms with Gasteiger partial charge in [0.05, 0.1) is 9.82 Å². The fourth-order valence-electron chi connectivity index (χ4n) is 2.45. The lowest BCUT2D eigenvalue weighted by Crippen LogP contribution is -2.43. The Morgan fingerprint density at radius 1 is 1.38 bits per heavy atom. The van der Waals surface area contributed by atoms with Crippen molar-refractivity contribution >= 4 is 33.4 Å². The second kappa shape index (κ2) is 9.74. The third-order valence-corrected chi connectivity index (χ3v) is 6.65. The third-order valence-electron chi connectivity index (χ3n) is 3.79. The zero-order valence-electron chi connectivity index (χ0n) is 14.5. The maximum atomic E-state index is 12.2. The van der Waals surface area contributed by atoms with Crippen molar-refractivity contribution in [3.8, 4) is 0 Å². The summed E-state index contributed by atoms with van der Waals surface area (Å²) in [6, 6.07) is 4.95. The van der Waals surface area contributed by atoms with Crippen LogP contribution in [0, 0.1) is 10.1 Å². The molecule has 0 amide bonds. The molecule has 0 bridgehead atoms. The number of sulfonamides is 1. The van der Waals surface area contributed by atoms with Crippen molar-refractivity contribution < 1.29 is 13.3 Å². The highest BCUT2D eigenvalue weighted by atomic mass is 32.2. The summed E-state index contributed by atoms with van der Waals surface area (Å²) < 4.78 is 26.8. The Kier molecular flexibility index (Phi) is 7.66. The van der Waals surface area contributed by atoms with E-state index in [1.165, 1.54) is 36.8 Å². The lowest BCUT2D eigenvalue weighted by Gasteiger charge is -2.15. The van der Waals surface area contributed by atoms with Crippen molar-refractivity contribution in [1.82, 2.24) is 15.4 Å². The fourth-order valence-corrected chi connectivity index (χ4v) is 4.72. The number of non-ortho nitro benzene ring substituents is 1. The zero-order chi connectivity index (χ0) is 19.0. The molecule has 1 aromatic carbocycles. The van der Waals surface area contributed by atoms with Crippen molar-refractivity contribution in [2.75, 3.05) is 32.4 Å². The molecule has 1 aliphatic heterocycles. The summed E-state index contributed by atoms with van der Waals surface area (Å²) in [5, 5.41) is 17.6. The molecule has 1 saturated heterocycles.